The van der Waals surface area contributed by atoms with Crippen LogP contribution in [0.15, 0.2) is 116 Å². The monoisotopic (exact) mass is 514 g/mol. The molecule has 0 unspecified atom stereocenters. The fourth-order valence-electron chi connectivity index (χ4n) is 3.17. The van der Waals surface area contributed by atoms with Crippen LogP contribution in [0, 0.1) is 0 Å². The number of nitrogens with zero attached hydrogens (tertiary/aromatic N) is 2. The lowest BCUT2D eigenvalue weighted by atomic mass is 10.0. The number of carbonyl (C=O) groups is 4. The van der Waals surface area contributed by atoms with E-state index in [-0.39, 0.29) is 22.6 Å². The Kier molecular flexibility index (Phi) is 7.55. The van der Waals surface area contributed by atoms with E-state index in [0.717, 1.165) is 21.9 Å². The van der Waals surface area contributed by atoms with Gasteiger partial charge < -0.3 is 10.2 Å². The van der Waals surface area contributed by atoms with Gasteiger partial charge in [0, 0.05) is 9.79 Å². The zero-order chi connectivity index (χ0) is 26.4. The molecule has 0 aliphatic heterocycles. The quantitative estimate of drug-likeness (QED) is 0.234. The van der Waals surface area contributed by atoms with Gasteiger partial charge in [0.2, 0.25) is 0 Å². The van der Waals surface area contributed by atoms with Gasteiger partial charge in [-0.05, 0) is 60.7 Å². The number of benzene rings is 2. The molecule has 0 heterocycles. The average Bonchev–Trinajstić information content (AvgIpc) is 2.89. The van der Waals surface area contributed by atoms with Crippen LogP contribution in [0.25, 0.3) is 0 Å². The van der Waals surface area contributed by atoms with Crippen molar-refractivity contribution < 1.29 is 29.4 Å². The summed E-state index contributed by atoms with van der Waals surface area (Å²) in [5.41, 5.74) is 6.94. The summed E-state index contributed by atoms with van der Waals surface area (Å²) in [7, 11) is 0. The first-order chi connectivity index (χ1) is 17.8. The smallest absolute Gasteiger partial charge is 0.339 e. The second-order valence-electron chi connectivity index (χ2n) is 7.51. The predicted octanol–water partition coefficient (Wildman–Crippen LogP) is 3.67. The molecule has 0 atom stereocenters. The number of carboxylic acids is 2. The summed E-state index contributed by atoms with van der Waals surface area (Å²) in [6.45, 7) is 0. The molecule has 0 spiro atoms. The number of ketones is 2. The van der Waals surface area contributed by atoms with Crippen LogP contribution in [0.2, 0.25) is 0 Å². The first-order valence-corrected chi connectivity index (χ1v) is 11.5. The van der Waals surface area contributed by atoms with Gasteiger partial charge in [0.25, 0.3) is 0 Å². The largest absolute Gasteiger partial charge is 0.478 e. The van der Waals surface area contributed by atoms with Gasteiger partial charge in [-0.3, -0.25) is 20.4 Å². The third kappa shape index (κ3) is 6.16. The van der Waals surface area contributed by atoms with Crippen molar-refractivity contribution in [1.29, 1.82) is 0 Å². The van der Waals surface area contributed by atoms with Crippen molar-refractivity contribution in [2.75, 3.05) is 10.9 Å². The van der Waals surface area contributed by atoms with Crippen LogP contribution in [0.4, 0.5) is 11.4 Å². The number of hydrogen-bond donors (Lipinski definition) is 4. The third-order valence-electron chi connectivity index (χ3n) is 4.99. The molecule has 184 valence electrons. The Morgan fingerprint density at radius 3 is 1.46 bits per heavy atom. The molecule has 4 N–H and O–H groups in total. The van der Waals surface area contributed by atoms with Crippen LogP contribution in [0.1, 0.15) is 0 Å². The number of hydrazone groups is 2. The molecule has 0 saturated heterocycles. The lowest BCUT2D eigenvalue weighted by Gasteiger charge is -2.13. The molecule has 0 saturated carbocycles. The Hall–Kier alpha value is -5.03. The Bertz CT molecular complexity index is 1390. The molecule has 0 amide bonds. The number of anilines is 2. The molecule has 4 rings (SSSR count). The van der Waals surface area contributed by atoms with Crippen molar-refractivity contribution in [3.8, 4) is 0 Å². The lowest BCUT2D eigenvalue weighted by molar-refractivity contribution is -0.135. The molecule has 37 heavy (non-hydrogen) atoms. The van der Waals surface area contributed by atoms with Gasteiger partial charge in [0.1, 0.15) is 11.1 Å². The molecule has 2 aliphatic carbocycles. The van der Waals surface area contributed by atoms with Crippen molar-refractivity contribution in [3.63, 3.8) is 0 Å². The second-order valence-corrected chi connectivity index (χ2v) is 8.60. The SMILES string of the molecule is O=C(O)C1=C/C(=N/Nc2ccccc2Sc2ccccc2N/N=C2\C=CC(=O)C(C(=O)O)=C2)C=CC1=O. The number of para-hydroxylation sites is 2. The van der Waals surface area contributed by atoms with Crippen molar-refractivity contribution in [3.05, 3.63) is 96.1 Å². The van der Waals surface area contributed by atoms with Gasteiger partial charge in [-0.25, -0.2) is 9.59 Å². The molecular weight excluding hydrogens is 496 g/mol. The van der Waals surface area contributed by atoms with Gasteiger partial charge in [0.05, 0.1) is 22.8 Å². The van der Waals surface area contributed by atoms with E-state index >= 15 is 0 Å². The van der Waals surface area contributed by atoms with Crippen LogP contribution in [-0.4, -0.2) is 45.1 Å². The van der Waals surface area contributed by atoms with Crippen molar-refractivity contribution >= 4 is 58.1 Å². The number of hydrogen-bond acceptors (Lipinski definition) is 9. The highest BCUT2D eigenvalue weighted by atomic mass is 32.2. The van der Waals surface area contributed by atoms with Crippen LogP contribution in [0.5, 0.6) is 0 Å². The number of carbonyl (C=O) groups excluding carboxylic acids is 2. The maximum absolute atomic E-state index is 11.7. The highest BCUT2D eigenvalue weighted by Gasteiger charge is 2.20. The standard InChI is InChI=1S/C26H18N4O6S/c31-21-11-9-15(13-17(21)25(33)34)27-29-19-5-1-3-7-23(19)37-24-8-4-2-6-20(24)30-28-16-10-12-22(32)18(14-16)26(35)36/h1-14,29-30H,(H,33,34)(H,35,36)/b27-15+,28-16+. The van der Waals surface area contributed by atoms with Crippen molar-refractivity contribution in [2.45, 2.75) is 9.79 Å². The summed E-state index contributed by atoms with van der Waals surface area (Å²) < 4.78 is 0. The molecule has 0 aromatic heterocycles. The minimum Gasteiger partial charge on any atom is -0.478 e. The molecule has 11 heteroatoms. The Morgan fingerprint density at radius 2 is 1.05 bits per heavy atom. The van der Waals surface area contributed by atoms with E-state index in [2.05, 4.69) is 21.1 Å². The molecule has 2 aliphatic rings. The highest BCUT2D eigenvalue weighted by molar-refractivity contribution is 7.99. The molecule has 2 aromatic carbocycles. The van der Waals surface area contributed by atoms with E-state index in [1.807, 2.05) is 36.4 Å². The molecule has 0 fully saturated rings. The third-order valence-corrected chi connectivity index (χ3v) is 6.14. The van der Waals surface area contributed by atoms with Crippen LogP contribution in [-0.2, 0) is 19.2 Å². The predicted molar refractivity (Wildman–Crippen MR) is 139 cm³/mol. The number of allylic oxidation sites excluding steroid dienone is 6. The summed E-state index contributed by atoms with van der Waals surface area (Å²) in [5, 5.41) is 26.7. The first-order valence-electron chi connectivity index (χ1n) is 10.7. The van der Waals surface area contributed by atoms with E-state index in [0.29, 0.717) is 11.4 Å². The van der Waals surface area contributed by atoms with E-state index in [1.165, 1.54) is 36.1 Å². The summed E-state index contributed by atoms with van der Waals surface area (Å²) in [6.07, 6.45) is 7.55. The fourth-order valence-corrected chi connectivity index (χ4v) is 4.15. The van der Waals surface area contributed by atoms with E-state index in [1.54, 1.807) is 12.1 Å². The molecular formula is C26H18N4O6S. The van der Waals surface area contributed by atoms with Crippen molar-refractivity contribution in [2.24, 2.45) is 10.2 Å². The Balaban J connectivity index is 1.54. The lowest BCUT2D eigenvalue weighted by Crippen LogP contribution is -2.16. The Morgan fingerprint density at radius 1 is 0.649 bits per heavy atom. The minimum atomic E-state index is -1.32. The fraction of sp³-hybridized carbons (Fsp3) is 0. The van der Waals surface area contributed by atoms with E-state index in [4.69, 9.17) is 10.2 Å². The number of carboxylic acid groups (broad SMARTS) is 2. The topological polar surface area (TPSA) is 158 Å². The summed E-state index contributed by atoms with van der Waals surface area (Å²) in [6, 6.07) is 14.6. The number of rotatable bonds is 8. The van der Waals surface area contributed by atoms with Crippen LogP contribution >= 0.6 is 11.8 Å². The van der Waals surface area contributed by atoms with Gasteiger partial charge in [-0.15, -0.1) is 0 Å². The summed E-state index contributed by atoms with van der Waals surface area (Å²) >= 11 is 1.40. The number of nitrogens with one attached hydrogen (secondary N) is 2. The zero-order valence-corrected chi connectivity index (χ0v) is 19.7. The van der Waals surface area contributed by atoms with E-state index < -0.39 is 23.5 Å². The normalized spacial score (nSPS) is 17.0. The maximum atomic E-state index is 11.7. The van der Waals surface area contributed by atoms with Crippen LogP contribution in [0.3, 0.4) is 0 Å². The van der Waals surface area contributed by atoms with Gasteiger partial charge in [-0.1, -0.05) is 36.0 Å². The number of aliphatic carboxylic acids is 2. The first kappa shape index (κ1) is 25.1. The minimum absolute atomic E-state index is 0.280. The Labute approximate surface area is 214 Å². The average molecular weight is 515 g/mol. The molecule has 0 radical (unpaired) electrons. The molecule has 10 nitrogen and oxygen atoms in total. The zero-order valence-electron chi connectivity index (χ0n) is 18.9. The molecule has 0 bridgehead atoms. The molecule has 2 aromatic rings. The highest BCUT2D eigenvalue weighted by Crippen LogP contribution is 2.37. The summed E-state index contributed by atoms with van der Waals surface area (Å²) in [4.78, 5) is 47.4. The second kappa shape index (κ2) is 11.1. The van der Waals surface area contributed by atoms with Gasteiger partial charge in [0.15, 0.2) is 11.6 Å². The van der Waals surface area contributed by atoms with E-state index in [9.17, 15) is 19.2 Å². The maximum Gasteiger partial charge on any atom is 0.339 e. The van der Waals surface area contributed by atoms with Gasteiger partial charge in [-0.2, -0.15) is 10.2 Å². The van der Waals surface area contributed by atoms with Crippen LogP contribution < -0.4 is 10.9 Å². The van der Waals surface area contributed by atoms with Crippen molar-refractivity contribution in [1.82, 2.24) is 0 Å². The van der Waals surface area contributed by atoms with Gasteiger partial charge >= 0.3 is 11.9 Å². The summed E-state index contributed by atoms with van der Waals surface area (Å²) in [5.74, 6) is -3.84.